The van der Waals surface area contributed by atoms with Crippen molar-refractivity contribution in [3.63, 3.8) is 0 Å². The first kappa shape index (κ1) is 10.2. The van der Waals surface area contributed by atoms with Gasteiger partial charge in [-0.3, -0.25) is 9.59 Å². The molecule has 1 saturated heterocycles. The van der Waals surface area contributed by atoms with Gasteiger partial charge in [-0.25, -0.2) is 0 Å². The summed E-state index contributed by atoms with van der Waals surface area (Å²) < 4.78 is 0. The van der Waals surface area contributed by atoms with E-state index in [9.17, 15) is 9.59 Å². The van der Waals surface area contributed by atoms with Gasteiger partial charge in [0, 0.05) is 30.9 Å². The number of hydrogen-bond donors (Lipinski definition) is 1. The number of halogens is 1. The zero-order valence-electron chi connectivity index (χ0n) is 8.07. The van der Waals surface area contributed by atoms with Gasteiger partial charge >= 0.3 is 0 Å². The van der Waals surface area contributed by atoms with Crippen molar-refractivity contribution in [1.82, 2.24) is 9.88 Å². The third-order valence-corrected chi connectivity index (χ3v) is 2.80. The van der Waals surface area contributed by atoms with Gasteiger partial charge in [0.05, 0.1) is 5.38 Å². The quantitative estimate of drug-likeness (QED) is 0.722. The number of nitrogens with one attached hydrogen (secondary N) is 1. The average Bonchev–Trinajstić information content (AvgIpc) is 2.64. The van der Waals surface area contributed by atoms with E-state index >= 15 is 0 Å². The highest BCUT2D eigenvalue weighted by Gasteiger charge is 2.25. The summed E-state index contributed by atoms with van der Waals surface area (Å²) in [6.07, 6.45) is 2.29. The van der Waals surface area contributed by atoms with Gasteiger partial charge in [0.15, 0.2) is 0 Å². The molecule has 0 spiro atoms. The fourth-order valence-electron chi connectivity index (χ4n) is 1.66. The van der Waals surface area contributed by atoms with Crippen LogP contribution in [0.25, 0.3) is 0 Å². The van der Waals surface area contributed by atoms with Gasteiger partial charge in [-0.2, -0.15) is 0 Å². The van der Waals surface area contributed by atoms with Crippen molar-refractivity contribution in [3.05, 3.63) is 34.2 Å². The van der Waals surface area contributed by atoms with Crippen LogP contribution >= 0.6 is 11.6 Å². The Morgan fingerprint density at radius 1 is 1.60 bits per heavy atom. The topological polar surface area (TPSA) is 53.2 Å². The Labute approximate surface area is 91.9 Å². The third kappa shape index (κ3) is 2.21. The predicted molar refractivity (Wildman–Crippen MR) is 57.2 cm³/mol. The first-order valence-electron chi connectivity index (χ1n) is 4.79. The van der Waals surface area contributed by atoms with Crippen LogP contribution < -0.4 is 5.56 Å². The predicted octanol–water partition coefficient (Wildman–Crippen LogP) is 0.828. The van der Waals surface area contributed by atoms with Gasteiger partial charge in [-0.15, -0.1) is 11.6 Å². The van der Waals surface area contributed by atoms with Gasteiger partial charge in [0.1, 0.15) is 0 Å². The van der Waals surface area contributed by atoms with E-state index < -0.39 is 0 Å². The minimum absolute atomic E-state index is 0.0379. The number of aromatic nitrogens is 1. The van der Waals surface area contributed by atoms with Crippen LogP contribution in [0.4, 0.5) is 0 Å². The van der Waals surface area contributed by atoms with Gasteiger partial charge < -0.3 is 9.88 Å². The van der Waals surface area contributed by atoms with E-state index in [2.05, 4.69) is 4.98 Å². The lowest BCUT2D eigenvalue weighted by atomic mass is 10.2. The van der Waals surface area contributed by atoms with Crippen LogP contribution in [0.1, 0.15) is 16.8 Å². The van der Waals surface area contributed by atoms with E-state index in [4.69, 9.17) is 11.6 Å². The monoisotopic (exact) mass is 226 g/mol. The molecule has 2 rings (SSSR count). The number of hydrogen-bond acceptors (Lipinski definition) is 2. The summed E-state index contributed by atoms with van der Waals surface area (Å²) in [6.45, 7) is 1.23. The van der Waals surface area contributed by atoms with E-state index in [0.717, 1.165) is 6.42 Å². The largest absolute Gasteiger partial charge is 0.337 e. The molecule has 80 valence electrons. The SMILES string of the molecule is O=C(c1cc[nH]c(=O)c1)N1CCC(Cl)C1. The van der Waals surface area contributed by atoms with Crippen LogP contribution in [0.3, 0.4) is 0 Å². The number of amides is 1. The van der Waals surface area contributed by atoms with Crippen molar-refractivity contribution in [2.75, 3.05) is 13.1 Å². The van der Waals surface area contributed by atoms with Crippen molar-refractivity contribution in [3.8, 4) is 0 Å². The maximum absolute atomic E-state index is 11.9. The molecular formula is C10H11ClN2O2. The maximum Gasteiger partial charge on any atom is 0.254 e. The number of H-pyrrole nitrogens is 1. The molecule has 1 unspecified atom stereocenters. The van der Waals surface area contributed by atoms with E-state index in [1.807, 2.05) is 0 Å². The fourth-order valence-corrected chi connectivity index (χ4v) is 1.93. The molecule has 1 amide bonds. The highest BCUT2D eigenvalue weighted by Crippen LogP contribution is 2.16. The van der Waals surface area contributed by atoms with Crippen LogP contribution in [-0.4, -0.2) is 34.3 Å². The van der Waals surface area contributed by atoms with Gasteiger partial charge in [-0.05, 0) is 12.5 Å². The smallest absolute Gasteiger partial charge is 0.254 e. The van der Waals surface area contributed by atoms with E-state index in [1.54, 1.807) is 11.0 Å². The second-order valence-electron chi connectivity index (χ2n) is 3.58. The van der Waals surface area contributed by atoms with Crippen molar-refractivity contribution in [1.29, 1.82) is 0 Å². The Bertz CT molecular complexity index is 429. The van der Waals surface area contributed by atoms with Gasteiger partial charge in [0.2, 0.25) is 5.56 Å². The third-order valence-electron chi connectivity index (χ3n) is 2.44. The average molecular weight is 227 g/mol. The Kier molecular flexibility index (Phi) is 2.77. The van der Waals surface area contributed by atoms with Gasteiger partial charge in [0.25, 0.3) is 5.91 Å². The molecule has 1 fully saturated rings. The van der Waals surface area contributed by atoms with Crippen molar-refractivity contribution < 1.29 is 4.79 Å². The number of likely N-dealkylation sites (tertiary alicyclic amines) is 1. The Morgan fingerprint density at radius 3 is 3.00 bits per heavy atom. The van der Waals surface area contributed by atoms with E-state index in [1.165, 1.54) is 12.3 Å². The van der Waals surface area contributed by atoms with E-state index in [0.29, 0.717) is 18.7 Å². The lowest BCUT2D eigenvalue weighted by Crippen LogP contribution is -2.29. The number of nitrogens with zero attached hydrogens (tertiary/aromatic N) is 1. The maximum atomic E-state index is 11.9. The molecule has 5 heteroatoms. The molecule has 1 aromatic rings. The molecule has 2 heterocycles. The highest BCUT2D eigenvalue weighted by atomic mass is 35.5. The van der Waals surface area contributed by atoms with Crippen molar-refractivity contribution in [2.24, 2.45) is 0 Å². The summed E-state index contributed by atoms with van der Waals surface area (Å²) in [5, 5.41) is 0.0379. The second-order valence-corrected chi connectivity index (χ2v) is 4.20. The number of pyridine rings is 1. The number of rotatable bonds is 1. The fraction of sp³-hybridized carbons (Fsp3) is 0.400. The molecule has 15 heavy (non-hydrogen) atoms. The van der Waals surface area contributed by atoms with Crippen molar-refractivity contribution in [2.45, 2.75) is 11.8 Å². The molecule has 1 aliphatic rings. The summed E-state index contributed by atoms with van der Waals surface area (Å²) in [5.41, 5.74) is 0.159. The lowest BCUT2D eigenvalue weighted by molar-refractivity contribution is 0.0793. The Balaban J connectivity index is 2.18. The first-order valence-corrected chi connectivity index (χ1v) is 5.22. The standard InChI is InChI=1S/C10H11ClN2O2/c11-8-2-4-13(6-8)10(15)7-1-3-12-9(14)5-7/h1,3,5,8H,2,4,6H2,(H,12,14). The van der Waals surface area contributed by atoms with Crippen LogP contribution in [0.5, 0.6) is 0 Å². The molecule has 1 aliphatic heterocycles. The molecule has 0 bridgehead atoms. The molecular weight excluding hydrogens is 216 g/mol. The number of aromatic amines is 1. The van der Waals surface area contributed by atoms with Crippen molar-refractivity contribution >= 4 is 17.5 Å². The molecule has 1 aromatic heterocycles. The summed E-state index contributed by atoms with van der Waals surface area (Å²) in [4.78, 5) is 27.0. The van der Waals surface area contributed by atoms with Crippen LogP contribution in [0.2, 0.25) is 0 Å². The first-order chi connectivity index (χ1) is 7.16. The molecule has 0 radical (unpaired) electrons. The van der Waals surface area contributed by atoms with Gasteiger partial charge in [-0.1, -0.05) is 0 Å². The zero-order chi connectivity index (χ0) is 10.8. The summed E-state index contributed by atoms with van der Waals surface area (Å²) in [5.74, 6) is -0.121. The molecule has 1 N–H and O–H groups in total. The Morgan fingerprint density at radius 2 is 2.40 bits per heavy atom. The molecule has 1 atom stereocenters. The molecule has 4 nitrogen and oxygen atoms in total. The number of carbonyl (C=O) groups is 1. The number of carbonyl (C=O) groups excluding carboxylic acids is 1. The molecule has 0 aromatic carbocycles. The minimum atomic E-state index is -0.262. The summed E-state index contributed by atoms with van der Waals surface area (Å²) >= 11 is 5.91. The van der Waals surface area contributed by atoms with Crippen LogP contribution in [0.15, 0.2) is 23.1 Å². The lowest BCUT2D eigenvalue weighted by Gasteiger charge is -2.14. The normalized spacial score (nSPS) is 20.6. The second kappa shape index (κ2) is 4.06. The number of alkyl halides is 1. The molecule has 0 saturated carbocycles. The summed E-state index contributed by atoms with van der Waals surface area (Å²) in [6, 6.07) is 2.91. The van der Waals surface area contributed by atoms with Crippen LogP contribution in [0, 0.1) is 0 Å². The zero-order valence-corrected chi connectivity index (χ0v) is 8.83. The minimum Gasteiger partial charge on any atom is -0.337 e. The summed E-state index contributed by atoms with van der Waals surface area (Å²) in [7, 11) is 0. The Hall–Kier alpha value is -1.29. The van der Waals surface area contributed by atoms with Crippen LogP contribution in [-0.2, 0) is 0 Å². The highest BCUT2D eigenvalue weighted by molar-refractivity contribution is 6.21. The molecule has 0 aliphatic carbocycles. The van der Waals surface area contributed by atoms with E-state index in [-0.39, 0.29) is 16.8 Å².